The number of hydrogen-bond acceptors (Lipinski definition) is 6. The molecule has 0 radical (unpaired) electrons. The van der Waals surface area contributed by atoms with E-state index in [2.05, 4.69) is 25.3 Å². The summed E-state index contributed by atoms with van der Waals surface area (Å²) in [5, 5.41) is 16.5. The number of aliphatic hydroxyl groups excluding tert-OH is 1. The molecule has 2 aromatic heterocycles. The first kappa shape index (κ1) is 21.1. The van der Waals surface area contributed by atoms with E-state index >= 15 is 0 Å². The van der Waals surface area contributed by atoms with Crippen molar-refractivity contribution in [2.24, 2.45) is 0 Å². The first-order chi connectivity index (χ1) is 14.9. The Morgan fingerprint density at radius 1 is 1.10 bits per heavy atom. The van der Waals surface area contributed by atoms with Gasteiger partial charge < -0.3 is 15.3 Å². The van der Waals surface area contributed by atoms with Gasteiger partial charge in [0.25, 0.3) is 0 Å². The summed E-state index contributed by atoms with van der Waals surface area (Å²) < 4.78 is 39.4. The molecule has 1 atom stereocenters. The lowest BCUT2D eigenvalue weighted by Gasteiger charge is -2.35. The zero-order chi connectivity index (χ0) is 21.8. The van der Waals surface area contributed by atoms with Gasteiger partial charge in [-0.25, -0.2) is 14.6 Å². The van der Waals surface area contributed by atoms with Crippen LogP contribution in [0, 0.1) is 0 Å². The van der Waals surface area contributed by atoms with Gasteiger partial charge in [-0.1, -0.05) is 12.1 Å². The van der Waals surface area contributed by atoms with E-state index in [1.807, 2.05) is 18.2 Å². The van der Waals surface area contributed by atoms with Crippen molar-refractivity contribution in [1.29, 1.82) is 0 Å². The number of nitrogens with zero attached hydrogens (tertiary/aromatic N) is 5. The van der Waals surface area contributed by atoms with E-state index in [9.17, 15) is 18.3 Å². The number of anilines is 2. The molecule has 1 unspecified atom stereocenters. The number of benzene rings is 1. The summed E-state index contributed by atoms with van der Waals surface area (Å²) in [5.74, 6) is 1.45. The molecule has 1 aliphatic heterocycles. The van der Waals surface area contributed by atoms with Crippen molar-refractivity contribution >= 4 is 11.6 Å². The van der Waals surface area contributed by atoms with Crippen molar-refractivity contribution in [2.75, 3.05) is 23.4 Å². The van der Waals surface area contributed by atoms with E-state index in [-0.39, 0.29) is 12.6 Å². The molecule has 10 heteroatoms. The third kappa shape index (κ3) is 4.96. The average molecular weight is 432 g/mol. The molecule has 3 heterocycles. The Morgan fingerprint density at radius 3 is 2.61 bits per heavy atom. The molecule has 4 rings (SSSR count). The van der Waals surface area contributed by atoms with Crippen molar-refractivity contribution in [1.82, 2.24) is 19.7 Å². The van der Waals surface area contributed by atoms with Crippen molar-refractivity contribution in [3.63, 3.8) is 0 Å². The number of nitrogens with one attached hydrogen (secondary N) is 1. The zero-order valence-electron chi connectivity index (χ0n) is 16.8. The fourth-order valence-electron chi connectivity index (χ4n) is 3.67. The third-order valence-corrected chi connectivity index (χ3v) is 5.34. The molecule has 2 N–H and O–H groups in total. The molecule has 1 fully saturated rings. The molecule has 0 aliphatic carbocycles. The van der Waals surface area contributed by atoms with Crippen LogP contribution in [0.5, 0.6) is 0 Å². The molecule has 1 aromatic carbocycles. The number of alkyl halides is 3. The Morgan fingerprint density at radius 2 is 1.90 bits per heavy atom. The SMILES string of the molecule is OCC1CCCCN1c1cc(NCc2ccc(-n3ccc(C(F)(F)F)n3)cc2)ncn1. The zero-order valence-corrected chi connectivity index (χ0v) is 16.8. The van der Waals surface area contributed by atoms with E-state index in [0.29, 0.717) is 18.1 Å². The number of rotatable bonds is 6. The van der Waals surface area contributed by atoms with Crippen molar-refractivity contribution < 1.29 is 18.3 Å². The van der Waals surface area contributed by atoms with Crippen molar-refractivity contribution in [3.05, 3.63) is 60.2 Å². The van der Waals surface area contributed by atoms with Crippen LogP contribution in [0.3, 0.4) is 0 Å². The first-order valence-electron chi connectivity index (χ1n) is 10.1. The van der Waals surface area contributed by atoms with Crippen LogP contribution in [0.4, 0.5) is 24.8 Å². The fourth-order valence-corrected chi connectivity index (χ4v) is 3.67. The maximum atomic E-state index is 12.7. The highest BCUT2D eigenvalue weighted by molar-refractivity contribution is 5.50. The third-order valence-electron chi connectivity index (χ3n) is 5.34. The van der Waals surface area contributed by atoms with Crippen LogP contribution in [0.1, 0.15) is 30.5 Å². The summed E-state index contributed by atoms with van der Waals surface area (Å²) >= 11 is 0. The highest BCUT2D eigenvalue weighted by Gasteiger charge is 2.33. The summed E-state index contributed by atoms with van der Waals surface area (Å²) in [6, 6.07) is 9.97. The highest BCUT2D eigenvalue weighted by atomic mass is 19.4. The van der Waals surface area contributed by atoms with Crippen molar-refractivity contribution in [2.45, 2.75) is 38.0 Å². The Kier molecular flexibility index (Phi) is 6.08. The molecule has 1 saturated heterocycles. The molecular weight excluding hydrogens is 409 g/mol. The van der Waals surface area contributed by atoms with Crippen molar-refractivity contribution in [3.8, 4) is 5.69 Å². The molecular formula is C21H23F3N6O. The lowest BCUT2D eigenvalue weighted by Crippen LogP contribution is -2.42. The molecule has 0 saturated carbocycles. The molecule has 7 nitrogen and oxygen atoms in total. The second kappa shape index (κ2) is 8.93. The summed E-state index contributed by atoms with van der Waals surface area (Å²) in [6.45, 7) is 1.44. The minimum absolute atomic E-state index is 0.0733. The number of aromatic nitrogens is 4. The van der Waals surface area contributed by atoms with E-state index in [1.165, 1.54) is 17.2 Å². The van der Waals surface area contributed by atoms with Gasteiger partial charge in [-0.2, -0.15) is 18.3 Å². The monoisotopic (exact) mass is 432 g/mol. The predicted molar refractivity (Wildman–Crippen MR) is 110 cm³/mol. The highest BCUT2D eigenvalue weighted by Crippen LogP contribution is 2.28. The first-order valence-corrected chi connectivity index (χ1v) is 10.1. The molecule has 0 amide bonds. The Bertz CT molecular complexity index is 1000. The second-order valence-corrected chi connectivity index (χ2v) is 7.45. The van der Waals surface area contributed by atoms with Gasteiger partial charge in [0.2, 0.25) is 0 Å². The van der Waals surface area contributed by atoms with Crippen LogP contribution in [-0.4, -0.2) is 44.0 Å². The van der Waals surface area contributed by atoms with Crippen LogP contribution in [0.25, 0.3) is 5.69 Å². The fraction of sp³-hybridized carbons (Fsp3) is 0.381. The number of piperidine rings is 1. The van der Waals surface area contributed by atoms with E-state index in [0.717, 1.165) is 43.3 Å². The molecule has 164 valence electrons. The Labute approximate surface area is 177 Å². The number of aliphatic hydroxyl groups is 1. The number of halogens is 3. The minimum Gasteiger partial charge on any atom is -0.394 e. The smallest absolute Gasteiger partial charge is 0.394 e. The van der Waals surface area contributed by atoms with Gasteiger partial charge in [0.15, 0.2) is 5.69 Å². The summed E-state index contributed by atoms with van der Waals surface area (Å²) in [5.41, 5.74) is 0.567. The van der Waals surface area contributed by atoms with E-state index in [1.54, 1.807) is 12.1 Å². The minimum atomic E-state index is -4.46. The normalized spacial score (nSPS) is 17.0. The quantitative estimate of drug-likeness (QED) is 0.619. The van der Waals surface area contributed by atoms with Crippen LogP contribution < -0.4 is 10.2 Å². The van der Waals surface area contributed by atoms with Gasteiger partial charge in [-0.15, -0.1) is 0 Å². The molecule has 3 aromatic rings. The molecule has 0 spiro atoms. The van der Waals surface area contributed by atoms with Crippen LogP contribution in [0.15, 0.2) is 48.9 Å². The van der Waals surface area contributed by atoms with Gasteiger partial charge in [0.1, 0.15) is 18.0 Å². The molecule has 31 heavy (non-hydrogen) atoms. The summed E-state index contributed by atoms with van der Waals surface area (Å²) in [6.07, 6.45) is 1.44. The molecule has 1 aliphatic rings. The maximum Gasteiger partial charge on any atom is 0.435 e. The molecule has 0 bridgehead atoms. The number of hydrogen-bond donors (Lipinski definition) is 2. The lowest BCUT2D eigenvalue weighted by atomic mass is 10.0. The average Bonchev–Trinajstić information content (AvgIpc) is 3.29. The Hall–Kier alpha value is -3.14. The van der Waals surface area contributed by atoms with Gasteiger partial charge >= 0.3 is 6.18 Å². The topological polar surface area (TPSA) is 79.1 Å². The van der Waals surface area contributed by atoms with Gasteiger partial charge in [0, 0.05) is 25.4 Å². The van der Waals surface area contributed by atoms with Crippen LogP contribution in [0.2, 0.25) is 0 Å². The second-order valence-electron chi connectivity index (χ2n) is 7.45. The lowest BCUT2D eigenvalue weighted by molar-refractivity contribution is -0.141. The van der Waals surface area contributed by atoms with Gasteiger partial charge in [-0.3, -0.25) is 0 Å². The van der Waals surface area contributed by atoms with Gasteiger partial charge in [0.05, 0.1) is 18.3 Å². The van der Waals surface area contributed by atoms with E-state index < -0.39 is 11.9 Å². The van der Waals surface area contributed by atoms with E-state index in [4.69, 9.17) is 0 Å². The van der Waals surface area contributed by atoms with Crippen LogP contribution >= 0.6 is 0 Å². The predicted octanol–water partition coefficient (Wildman–Crippen LogP) is 3.64. The maximum absolute atomic E-state index is 12.7. The van der Waals surface area contributed by atoms with Gasteiger partial charge in [-0.05, 0) is 43.0 Å². The standard InChI is InChI=1S/C21H23F3N6O/c22-21(23,24)18-8-10-30(28-18)16-6-4-15(5-7-16)12-25-19-11-20(27-14-26-19)29-9-2-1-3-17(29)13-31/h4-8,10-11,14,17,31H,1-3,9,12-13H2,(H,25,26,27). The van der Waals surface area contributed by atoms with Crippen LogP contribution in [-0.2, 0) is 12.7 Å². The summed E-state index contributed by atoms with van der Waals surface area (Å²) in [4.78, 5) is 10.7. The summed E-state index contributed by atoms with van der Waals surface area (Å²) in [7, 11) is 0. The largest absolute Gasteiger partial charge is 0.435 e. The Balaban J connectivity index is 1.40.